The maximum Gasteiger partial charge on any atom is 0.319 e. The Morgan fingerprint density at radius 2 is 2.32 bits per heavy atom. The van der Waals surface area contributed by atoms with Crippen LogP contribution in [0.3, 0.4) is 0 Å². The topological polar surface area (TPSA) is 89.3 Å². The third kappa shape index (κ3) is 3.70. The number of carbonyl (C=O) groups excluding carboxylic acids is 1. The fraction of sp³-hybridized carbons (Fsp3) is 0.250. The molecule has 19 heavy (non-hydrogen) atoms. The highest BCUT2D eigenvalue weighted by molar-refractivity contribution is 5.88. The molecule has 0 aromatic carbocycles. The van der Waals surface area contributed by atoms with E-state index >= 15 is 0 Å². The molecule has 100 valence electrons. The molecule has 0 aliphatic rings. The molecule has 0 fully saturated rings. The van der Waals surface area contributed by atoms with Crippen LogP contribution in [0.25, 0.3) is 0 Å². The summed E-state index contributed by atoms with van der Waals surface area (Å²) < 4.78 is 9.90. The Labute approximate surface area is 110 Å². The van der Waals surface area contributed by atoms with Gasteiger partial charge in [0.25, 0.3) is 0 Å². The van der Waals surface area contributed by atoms with Crippen molar-refractivity contribution in [1.82, 2.24) is 15.5 Å². The van der Waals surface area contributed by atoms with Crippen molar-refractivity contribution in [3.63, 3.8) is 0 Å². The molecule has 0 bridgehead atoms. The Morgan fingerprint density at radius 1 is 1.47 bits per heavy atom. The number of amides is 2. The van der Waals surface area contributed by atoms with E-state index in [-0.39, 0.29) is 12.6 Å². The zero-order chi connectivity index (χ0) is 13.7. The summed E-state index contributed by atoms with van der Waals surface area (Å²) in [6.45, 7) is 2.09. The van der Waals surface area contributed by atoms with E-state index in [0.29, 0.717) is 17.3 Å². The van der Waals surface area contributed by atoms with Crippen molar-refractivity contribution in [2.24, 2.45) is 0 Å². The Morgan fingerprint density at radius 3 is 2.89 bits per heavy atom. The zero-order valence-corrected chi connectivity index (χ0v) is 10.6. The number of ether oxygens (including phenoxy) is 1. The minimum atomic E-state index is -0.346. The van der Waals surface area contributed by atoms with E-state index in [9.17, 15) is 4.79 Å². The number of pyridine rings is 1. The summed E-state index contributed by atoms with van der Waals surface area (Å²) in [5.74, 6) is 1.09. The second kappa shape index (κ2) is 5.85. The average Bonchev–Trinajstić information content (AvgIpc) is 2.83. The van der Waals surface area contributed by atoms with E-state index < -0.39 is 0 Å². The molecule has 0 aliphatic heterocycles. The Balaban J connectivity index is 1.83. The van der Waals surface area contributed by atoms with Gasteiger partial charge < -0.3 is 19.9 Å². The molecule has 0 unspecified atom stereocenters. The molecular weight excluding hydrogens is 248 g/mol. The van der Waals surface area contributed by atoms with Gasteiger partial charge in [-0.3, -0.25) is 0 Å². The van der Waals surface area contributed by atoms with Crippen LogP contribution < -0.4 is 15.4 Å². The number of hydrogen-bond donors (Lipinski definition) is 2. The normalized spacial score (nSPS) is 10.0. The number of aromatic nitrogens is 2. The van der Waals surface area contributed by atoms with E-state index in [2.05, 4.69) is 20.8 Å². The van der Waals surface area contributed by atoms with Crippen molar-refractivity contribution in [2.75, 3.05) is 12.4 Å². The Bertz CT molecular complexity index is 550. The molecule has 0 saturated heterocycles. The maximum absolute atomic E-state index is 11.6. The molecule has 7 heteroatoms. The quantitative estimate of drug-likeness (QED) is 0.875. The monoisotopic (exact) mass is 262 g/mol. The van der Waals surface area contributed by atoms with Gasteiger partial charge in [0.2, 0.25) is 5.88 Å². The first-order valence-electron chi connectivity index (χ1n) is 5.64. The third-order valence-electron chi connectivity index (χ3n) is 2.30. The molecule has 0 saturated carbocycles. The summed E-state index contributed by atoms with van der Waals surface area (Å²) in [4.78, 5) is 15.6. The van der Waals surface area contributed by atoms with Gasteiger partial charge in [0.05, 0.1) is 31.2 Å². The molecule has 2 aromatic heterocycles. The van der Waals surface area contributed by atoms with E-state index in [1.807, 2.05) is 6.92 Å². The zero-order valence-electron chi connectivity index (χ0n) is 10.6. The lowest BCUT2D eigenvalue weighted by molar-refractivity contribution is 0.250. The highest BCUT2D eigenvalue weighted by Gasteiger charge is 2.05. The van der Waals surface area contributed by atoms with Crippen LogP contribution in [-0.2, 0) is 6.54 Å². The Kier molecular flexibility index (Phi) is 3.97. The van der Waals surface area contributed by atoms with Gasteiger partial charge >= 0.3 is 6.03 Å². The number of anilines is 1. The highest BCUT2D eigenvalue weighted by atomic mass is 16.5. The number of urea groups is 1. The summed E-state index contributed by atoms with van der Waals surface area (Å²) in [6.07, 6.45) is 1.51. The molecule has 0 spiro atoms. The summed E-state index contributed by atoms with van der Waals surface area (Å²) in [5, 5.41) is 9.01. The van der Waals surface area contributed by atoms with E-state index in [0.717, 1.165) is 5.69 Å². The second-order valence-corrected chi connectivity index (χ2v) is 3.83. The summed E-state index contributed by atoms with van der Waals surface area (Å²) >= 11 is 0. The van der Waals surface area contributed by atoms with Gasteiger partial charge in [0, 0.05) is 12.1 Å². The number of rotatable bonds is 4. The van der Waals surface area contributed by atoms with Crippen molar-refractivity contribution in [3.8, 4) is 5.88 Å². The molecule has 2 N–H and O–H groups in total. The van der Waals surface area contributed by atoms with Crippen LogP contribution in [0.5, 0.6) is 5.88 Å². The third-order valence-corrected chi connectivity index (χ3v) is 2.30. The predicted octanol–water partition coefficient (Wildman–Crippen LogP) is 1.71. The van der Waals surface area contributed by atoms with E-state index in [1.165, 1.54) is 13.3 Å². The first kappa shape index (κ1) is 12.9. The number of hydrogen-bond acceptors (Lipinski definition) is 5. The molecule has 0 aliphatic carbocycles. The van der Waals surface area contributed by atoms with Crippen LogP contribution in [0.15, 0.2) is 28.9 Å². The van der Waals surface area contributed by atoms with E-state index in [4.69, 9.17) is 9.26 Å². The molecule has 0 radical (unpaired) electrons. The van der Waals surface area contributed by atoms with Gasteiger partial charge in [-0.25, -0.2) is 9.78 Å². The van der Waals surface area contributed by atoms with E-state index in [1.54, 1.807) is 18.2 Å². The van der Waals surface area contributed by atoms with Gasteiger partial charge in [-0.15, -0.1) is 0 Å². The van der Waals surface area contributed by atoms with Crippen molar-refractivity contribution in [1.29, 1.82) is 0 Å². The highest BCUT2D eigenvalue weighted by Crippen LogP contribution is 2.10. The largest absolute Gasteiger partial charge is 0.481 e. The van der Waals surface area contributed by atoms with Crippen molar-refractivity contribution >= 4 is 11.7 Å². The lowest BCUT2D eigenvalue weighted by atomic mass is 10.4. The number of aryl methyl sites for hydroxylation is 1. The first-order valence-corrected chi connectivity index (χ1v) is 5.64. The maximum atomic E-state index is 11.6. The van der Waals surface area contributed by atoms with Crippen molar-refractivity contribution in [2.45, 2.75) is 13.5 Å². The number of nitrogens with one attached hydrogen (secondary N) is 2. The molecule has 0 atom stereocenters. The average molecular weight is 262 g/mol. The standard InChI is InChI=1S/C12H14N4O3/c1-8-5-10(19-16-8)7-14-12(17)15-9-3-4-11(18-2)13-6-9/h3-6H,7H2,1-2H3,(H2,14,15,17). The first-order chi connectivity index (χ1) is 9.17. The molecular formula is C12H14N4O3. The van der Waals surface area contributed by atoms with Crippen LogP contribution in [0, 0.1) is 6.92 Å². The summed E-state index contributed by atoms with van der Waals surface area (Å²) in [5.41, 5.74) is 1.35. The number of nitrogens with zero attached hydrogens (tertiary/aromatic N) is 2. The van der Waals surface area contributed by atoms with Gasteiger partial charge in [0.1, 0.15) is 0 Å². The molecule has 7 nitrogen and oxygen atoms in total. The number of methoxy groups -OCH3 is 1. The summed E-state index contributed by atoms with van der Waals surface area (Å²) in [6, 6.07) is 4.77. The molecule has 2 rings (SSSR count). The smallest absolute Gasteiger partial charge is 0.319 e. The predicted molar refractivity (Wildman–Crippen MR) is 67.9 cm³/mol. The van der Waals surface area contributed by atoms with Gasteiger partial charge in [-0.1, -0.05) is 5.16 Å². The van der Waals surface area contributed by atoms with Crippen molar-refractivity contribution in [3.05, 3.63) is 35.9 Å². The van der Waals surface area contributed by atoms with Crippen LogP contribution in [0.2, 0.25) is 0 Å². The second-order valence-electron chi connectivity index (χ2n) is 3.83. The summed E-state index contributed by atoms with van der Waals surface area (Å²) in [7, 11) is 1.53. The fourth-order valence-corrected chi connectivity index (χ4v) is 1.42. The minimum absolute atomic E-state index is 0.274. The van der Waals surface area contributed by atoms with Crippen LogP contribution in [0.1, 0.15) is 11.5 Å². The van der Waals surface area contributed by atoms with Crippen LogP contribution in [0.4, 0.5) is 10.5 Å². The SMILES string of the molecule is COc1ccc(NC(=O)NCc2cc(C)no2)cn1. The Hall–Kier alpha value is -2.57. The molecule has 2 aromatic rings. The minimum Gasteiger partial charge on any atom is -0.481 e. The van der Waals surface area contributed by atoms with Crippen LogP contribution in [-0.4, -0.2) is 23.3 Å². The lowest BCUT2D eigenvalue weighted by Crippen LogP contribution is -2.28. The molecule has 2 amide bonds. The van der Waals surface area contributed by atoms with Gasteiger partial charge in [-0.05, 0) is 13.0 Å². The van der Waals surface area contributed by atoms with Crippen LogP contribution >= 0.6 is 0 Å². The van der Waals surface area contributed by atoms with Gasteiger partial charge in [-0.2, -0.15) is 0 Å². The van der Waals surface area contributed by atoms with Gasteiger partial charge in [0.15, 0.2) is 5.76 Å². The fourth-order valence-electron chi connectivity index (χ4n) is 1.42. The molecule has 2 heterocycles. The lowest BCUT2D eigenvalue weighted by Gasteiger charge is -2.06. The number of carbonyl (C=O) groups is 1. The van der Waals surface area contributed by atoms with Crippen molar-refractivity contribution < 1.29 is 14.1 Å².